The maximum absolute atomic E-state index is 12.8. The Labute approximate surface area is 152 Å². The molecule has 2 aromatic rings. The molecule has 134 valence electrons. The summed E-state index contributed by atoms with van der Waals surface area (Å²) in [5.74, 6) is 1.86. The topological polar surface area (TPSA) is 78.7 Å². The summed E-state index contributed by atoms with van der Waals surface area (Å²) in [7, 11) is 3.11. The van der Waals surface area contributed by atoms with Crippen LogP contribution in [0.1, 0.15) is 15.9 Å². The Balaban J connectivity index is 1.68. The number of carbonyl (C=O) groups excluding carboxylic acids is 1. The number of hydrogen-bond acceptors (Lipinski definition) is 6. The van der Waals surface area contributed by atoms with Crippen molar-refractivity contribution in [1.82, 2.24) is 9.88 Å². The van der Waals surface area contributed by atoms with E-state index in [1.54, 1.807) is 50.7 Å². The monoisotopic (exact) mass is 352 g/mol. The van der Waals surface area contributed by atoms with E-state index in [4.69, 9.17) is 14.7 Å². The molecule has 1 aliphatic rings. The van der Waals surface area contributed by atoms with Crippen molar-refractivity contribution in [3.8, 4) is 17.6 Å². The number of nitriles is 1. The summed E-state index contributed by atoms with van der Waals surface area (Å²) in [6.45, 7) is 2.51. The smallest absolute Gasteiger partial charge is 0.254 e. The van der Waals surface area contributed by atoms with E-state index in [-0.39, 0.29) is 5.91 Å². The number of nitrogens with zero attached hydrogens (tertiary/aromatic N) is 4. The highest BCUT2D eigenvalue weighted by Crippen LogP contribution is 2.28. The SMILES string of the molecule is COc1ccc(C(=O)N2CCN(c3cc(C#N)ccn3)CC2)cc1OC. The lowest BCUT2D eigenvalue weighted by molar-refractivity contribution is 0.0746. The average molecular weight is 352 g/mol. The van der Waals surface area contributed by atoms with Gasteiger partial charge in [0.25, 0.3) is 5.91 Å². The third kappa shape index (κ3) is 3.54. The molecular formula is C19H20N4O3. The summed E-state index contributed by atoms with van der Waals surface area (Å²) in [6.07, 6.45) is 1.63. The van der Waals surface area contributed by atoms with Crippen molar-refractivity contribution in [3.63, 3.8) is 0 Å². The number of pyridine rings is 1. The van der Waals surface area contributed by atoms with Crippen LogP contribution in [-0.4, -0.2) is 56.2 Å². The molecule has 1 aromatic carbocycles. The van der Waals surface area contributed by atoms with Crippen molar-refractivity contribution in [2.75, 3.05) is 45.3 Å². The van der Waals surface area contributed by atoms with Crippen molar-refractivity contribution in [1.29, 1.82) is 5.26 Å². The first-order valence-corrected chi connectivity index (χ1v) is 8.28. The first-order chi connectivity index (χ1) is 12.7. The fraction of sp³-hybridized carbons (Fsp3) is 0.316. The van der Waals surface area contributed by atoms with E-state index in [0.29, 0.717) is 48.8 Å². The standard InChI is InChI=1S/C19H20N4O3/c1-25-16-4-3-15(12-17(16)26-2)19(24)23-9-7-22(8-10-23)18-11-14(13-20)5-6-21-18/h3-6,11-12H,7-10H2,1-2H3. The predicted molar refractivity (Wildman–Crippen MR) is 96.6 cm³/mol. The van der Waals surface area contributed by atoms with Gasteiger partial charge in [-0.25, -0.2) is 4.98 Å². The molecule has 2 heterocycles. The first-order valence-electron chi connectivity index (χ1n) is 8.28. The van der Waals surface area contributed by atoms with Crippen LogP contribution >= 0.6 is 0 Å². The summed E-state index contributed by atoms with van der Waals surface area (Å²) in [5.41, 5.74) is 1.15. The first kappa shape index (κ1) is 17.5. The Hall–Kier alpha value is -3.27. The van der Waals surface area contributed by atoms with Crippen LogP contribution in [0.25, 0.3) is 0 Å². The molecule has 0 radical (unpaired) electrons. The minimum absolute atomic E-state index is 0.0377. The van der Waals surface area contributed by atoms with Gasteiger partial charge in [0.05, 0.1) is 25.9 Å². The van der Waals surface area contributed by atoms with Crippen LogP contribution in [0, 0.1) is 11.3 Å². The van der Waals surface area contributed by atoms with Crippen molar-refractivity contribution < 1.29 is 14.3 Å². The van der Waals surface area contributed by atoms with E-state index in [2.05, 4.69) is 16.0 Å². The molecule has 0 saturated carbocycles. The summed E-state index contributed by atoms with van der Waals surface area (Å²) in [6, 6.07) is 10.8. The van der Waals surface area contributed by atoms with Gasteiger partial charge in [0.2, 0.25) is 0 Å². The van der Waals surface area contributed by atoms with Crippen molar-refractivity contribution >= 4 is 11.7 Å². The van der Waals surface area contributed by atoms with Gasteiger partial charge in [0.15, 0.2) is 11.5 Å². The average Bonchev–Trinajstić information content (AvgIpc) is 2.72. The lowest BCUT2D eigenvalue weighted by Gasteiger charge is -2.35. The molecular weight excluding hydrogens is 332 g/mol. The Morgan fingerprint density at radius 1 is 1.08 bits per heavy atom. The molecule has 0 atom stereocenters. The lowest BCUT2D eigenvalue weighted by Crippen LogP contribution is -2.49. The molecule has 3 rings (SSSR count). The number of ether oxygens (including phenoxy) is 2. The zero-order valence-corrected chi connectivity index (χ0v) is 14.8. The van der Waals surface area contributed by atoms with Crippen LogP contribution in [0.15, 0.2) is 36.5 Å². The fourth-order valence-electron chi connectivity index (χ4n) is 2.95. The van der Waals surface area contributed by atoms with Gasteiger partial charge < -0.3 is 19.3 Å². The number of hydrogen-bond donors (Lipinski definition) is 0. The molecule has 0 bridgehead atoms. The molecule has 1 fully saturated rings. The minimum Gasteiger partial charge on any atom is -0.493 e. The number of piperazine rings is 1. The summed E-state index contributed by atoms with van der Waals surface area (Å²) in [4.78, 5) is 21.0. The van der Waals surface area contributed by atoms with Gasteiger partial charge in [-0.05, 0) is 30.3 Å². The zero-order chi connectivity index (χ0) is 18.5. The third-order valence-electron chi connectivity index (χ3n) is 4.40. The molecule has 1 aromatic heterocycles. The molecule has 0 spiro atoms. The van der Waals surface area contributed by atoms with Gasteiger partial charge in [-0.15, -0.1) is 0 Å². The van der Waals surface area contributed by atoms with Crippen LogP contribution in [0.4, 0.5) is 5.82 Å². The van der Waals surface area contributed by atoms with Crippen molar-refractivity contribution in [3.05, 3.63) is 47.7 Å². The van der Waals surface area contributed by atoms with Crippen LogP contribution in [-0.2, 0) is 0 Å². The number of anilines is 1. The van der Waals surface area contributed by atoms with E-state index in [9.17, 15) is 4.79 Å². The molecule has 0 N–H and O–H groups in total. The highest BCUT2D eigenvalue weighted by atomic mass is 16.5. The Bertz CT molecular complexity index is 839. The van der Waals surface area contributed by atoms with E-state index in [1.165, 1.54) is 0 Å². The highest BCUT2D eigenvalue weighted by molar-refractivity contribution is 5.95. The third-order valence-corrected chi connectivity index (χ3v) is 4.40. The van der Waals surface area contributed by atoms with Gasteiger partial charge in [-0.3, -0.25) is 4.79 Å². The number of carbonyl (C=O) groups is 1. The number of methoxy groups -OCH3 is 2. The predicted octanol–water partition coefficient (Wildman–Crippen LogP) is 1.93. The number of rotatable bonds is 4. The van der Waals surface area contributed by atoms with Crippen LogP contribution in [0.2, 0.25) is 0 Å². The summed E-state index contributed by atoms with van der Waals surface area (Å²) < 4.78 is 10.5. The van der Waals surface area contributed by atoms with Gasteiger partial charge in [0.1, 0.15) is 5.82 Å². The number of aromatic nitrogens is 1. The molecule has 1 aliphatic heterocycles. The van der Waals surface area contributed by atoms with Gasteiger partial charge in [0, 0.05) is 37.9 Å². The fourth-order valence-corrected chi connectivity index (χ4v) is 2.95. The molecule has 7 heteroatoms. The molecule has 0 aliphatic carbocycles. The number of amides is 1. The molecule has 1 saturated heterocycles. The van der Waals surface area contributed by atoms with Crippen LogP contribution in [0.3, 0.4) is 0 Å². The summed E-state index contributed by atoms with van der Waals surface area (Å²) >= 11 is 0. The maximum Gasteiger partial charge on any atom is 0.254 e. The van der Waals surface area contributed by atoms with Gasteiger partial charge in [-0.1, -0.05) is 0 Å². The highest BCUT2D eigenvalue weighted by Gasteiger charge is 2.23. The van der Waals surface area contributed by atoms with E-state index >= 15 is 0 Å². The second-order valence-corrected chi connectivity index (χ2v) is 5.86. The Kier molecular flexibility index (Phi) is 5.23. The van der Waals surface area contributed by atoms with E-state index in [0.717, 1.165) is 5.82 Å². The molecule has 26 heavy (non-hydrogen) atoms. The van der Waals surface area contributed by atoms with Crippen LogP contribution in [0.5, 0.6) is 11.5 Å². The Morgan fingerprint density at radius 3 is 2.46 bits per heavy atom. The second kappa shape index (κ2) is 7.74. The molecule has 7 nitrogen and oxygen atoms in total. The van der Waals surface area contributed by atoms with Crippen molar-refractivity contribution in [2.24, 2.45) is 0 Å². The van der Waals surface area contributed by atoms with Gasteiger partial charge in [-0.2, -0.15) is 5.26 Å². The normalized spacial score (nSPS) is 13.9. The van der Waals surface area contributed by atoms with Gasteiger partial charge >= 0.3 is 0 Å². The molecule has 0 unspecified atom stereocenters. The van der Waals surface area contributed by atoms with E-state index in [1.807, 2.05) is 4.90 Å². The van der Waals surface area contributed by atoms with Crippen LogP contribution < -0.4 is 14.4 Å². The minimum atomic E-state index is -0.0377. The largest absolute Gasteiger partial charge is 0.493 e. The summed E-state index contributed by atoms with van der Waals surface area (Å²) in [5, 5.41) is 9.01. The van der Waals surface area contributed by atoms with E-state index < -0.39 is 0 Å². The Morgan fingerprint density at radius 2 is 1.81 bits per heavy atom. The lowest BCUT2D eigenvalue weighted by atomic mass is 10.1. The molecule has 1 amide bonds. The zero-order valence-electron chi connectivity index (χ0n) is 14.8. The van der Waals surface area contributed by atoms with Crippen molar-refractivity contribution in [2.45, 2.75) is 0 Å². The second-order valence-electron chi connectivity index (χ2n) is 5.86. The maximum atomic E-state index is 12.8. The number of benzene rings is 1. The quantitative estimate of drug-likeness (QED) is 0.837.